The number of aliphatic carboxylic acids is 1. The van der Waals surface area contributed by atoms with Gasteiger partial charge < -0.3 is 10.0 Å². The average molecular weight is 206 g/mol. The highest BCUT2D eigenvalue weighted by Crippen LogP contribution is 2.38. The van der Waals surface area contributed by atoms with E-state index in [0.717, 1.165) is 45.3 Å². The van der Waals surface area contributed by atoms with Gasteiger partial charge in [-0.15, -0.1) is 12.4 Å². The Bertz CT molecular complexity index is 198. The molecule has 13 heavy (non-hydrogen) atoms. The summed E-state index contributed by atoms with van der Waals surface area (Å²) in [6.45, 7) is 3.01. The van der Waals surface area contributed by atoms with Gasteiger partial charge in [0, 0.05) is 6.54 Å². The number of halogens is 1. The number of carbonyl (C=O) groups is 1. The first-order valence-electron chi connectivity index (χ1n) is 4.69. The van der Waals surface area contributed by atoms with Crippen molar-refractivity contribution in [2.75, 3.05) is 19.6 Å². The first-order valence-corrected chi connectivity index (χ1v) is 4.69. The molecule has 0 unspecified atom stereocenters. The van der Waals surface area contributed by atoms with Crippen LogP contribution in [0, 0.1) is 5.41 Å². The van der Waals surface area contributed by atoms with Gasteiger partial charge in [-0.1, -0.05) is 0 Å². The van der Waals surface area contributed by atoms with Crippen LogP contribution in [0.15, 0.2) is 0 Å². The number of carboxylic acids is 1. The molecule has 2 fully saturated rings. The number of hydrogen-bond acceptors (Lipinski definition) is 2. The first-order chi connectivity index (χ1) is 5.73. The molecule has 0 aromatic heterocycles. The molecule has 2 bridgehead atoms. The van der Waals surface area contributed by atoms with Gasteiger partial charge in [-0.2, -0.15) is 0 Å². The quantitative estimate of drug-likeness (QED) is 0.703. The summed E-state index contributed by atoms with van der Waals surface area (Å²) in [5.41, 5.74) is -0.378. The van der Waals surface area contributed by atoms with Crippen molar-refractivity contribution in [2.24, 2.45) is 5.41 Å². The van der Waals surface area contributed by atoms with Crippen LogP contribution in [-0.4, -0.2) is 35.6 Å². The van der Waals surface area contributed by atoms with Gasteiger partial charge >= 0.3 is 5.97 Å². The molecule has 0 aromatic rings. The fraction of sp³-hybridized carbons (Fsp3) is 0.889. The van der Waals surface area contributed by atoms with E-state index in [-0.39, 0.29) is 17.8 Å². The molecule has 0 saturated carbocycles. The smallest absolute Gasteiger partial charge is 0.310 e. The molecule has 2 aliphatic heterocycles. The maximum absolute atomic E-state index is 11.1. The van der Waals surface area contributed by atoms with Crippen molar-refractivity contribution in [3.05, 3.63) is 0 Å². The lowest BCUT2D eigenvalue weighted by Crippen LogP contribution is -2.51. The van der Waals surface area contributed by atoms with Crippen molar-refractivity contribution >= 4 is 18.4 Å². The maximum atomic E-state index is 11.1. The topological polar surface area (TPSA) is 40.5 Å². The lowest BCUT2D eigenvalue weighted by molar-refractivity contribution is -0.155. The number of carboxylic acid groups (broad SMARTS) is 1. The van der Waals surface area contributed by atoms with Gasteiger partial charge in [0.25, 0.3) is 0 Å². The second kappa shape index (κ2) is 3.84. The SMILES string of the molecule is Cl.O=C(O)C12CCCN(CCC1)C2. The lowest BCUT2D eigenvalue weighted by atomic mass is 9.74. The first kappa shape index (κ1) is 10.8. The van der Waals surface area contributed by atoms with Crippen LogP contribution >= 0.6 is 12.4 Å². The average Bonchev–Trinajstić information content (AvgIpc) is 2.04. The van der Waals surface area contributed by atoms with Crippen LogP contribution in [-0.2, 0) is 4.79 Å². The molecule has 1 N–H and O–H groups in total. The monoisotopic (exact) mass is 205 g/mol. The van der Waals surface area contributed by atoms with E-state index in [9.17, 15) is 4.79 Å². The molecule has 0 atom stereocenters. The van der Waals surface area contributed by atoms with E-state index in [1.54, 1.807) is 0 Å². The highest BCUT2D eigenvalue weighted by Gasteiger charge is 2.44. The zero-order valence-corrected chi connectivity index (χ0v) is 8.48. The van der Waals surface area contributed by atoms with Crippen molar-refractivity contribution < 1.29 is 9.90 Å². The molecule has 76 valence electrons. The van der Waals surface area contributed by atoms with E-state index in [2.05, 4.69) is 4.90 Å². The minimum Gasteiger partial charge on any atom is -0.481 e. The molecule has 0 spiro atoms. The van der Waals surface area contributed by atoms with E-state index in [0.29, 0.717) is 0 Å². The summed E-state index contributed by atoms with van der Waals surface area (Å²) in [5.74, 6) is -0.577. The van der Waals surface area contributed by atoms with Gasteiger partial charge in [-0.25, -0.2) is 0 Å². The van der Waals surface area contributed by atoms with E-state index >= 15 is 0 Å². The summed E-state index contributed by atoms with van der Waals surface area (Å²) in [5, 5.41) is 9.11. The van der Waals surface area contributed by atoms with Gasteiger partial charge in [-0.05, 0) is 38.8 Å². The maximum Gasteiger partial charge on any atom is 0.310 e. The minimum absolute atomic E-state index is 0. The molecule has 0 aliphatic carbocycles. The third-order valence-corrected chi connectivity index (χ3v) is 3.24. The van der Waals surface area contributed by atoms with E-state index < -0.39 is 5.97 Å². The lowest BCUT2D eigenvalue weighted by Gasteiger charge is -2.44. The number of hydrogen-bond donors (Lipinski definition) is 1. The van der Waals surface area contributed by atoms with Gasteiger partial charge in [0.15, 0.2) is 0 Å². The Labute approximate surface area is 84.5 Å². The van der Waals surface area contributed by atoms with E-state index in [4.69, 9.17) is 5.11 Å². The second-order valence-corrected chi connectivity index (χ2v) is 4.07. The molecule has 2 saturated heterocycles. The Balaban J connectivity index is 0.000000845. The molecule has 4 heteroatoms. The zero-order valence-electron chi connectivity index (χ0n) is 7.66. The molecule has 2 heterocycles. The third-order valence-electron chi connectivity index (χ3n) is 3.24. The van der Waals surface area contributed by atoms with Crippen molar-refractivity contribution in [1.29, 1.82) is 0 Å². The molecule has 0 radical (unpaired) electrons. The number of piperidine rings is 2. The Kier molecular flexibility index (Phi) is 3.19. The van der Waals surface area contributed by atoms with Crippen LogP contribution in [0.1, 0.15) is 25.7 Å². The fourth-order valence-corrected chi connectivity index (χ4v) is 2.54. The van der Waals surface area contributed by atoms with Crippen LogP contribution in [0.4, 0.5) is 0 Å². The summed E-state index contributed by atoms with van der Waals surface area (Å²) in [4.78, 5) is 13.4. The minimum atomic E-state index is -0.577. The molecule has 2 aliphatic rings. The van der Waals surface area contributed by atoms with Crippen molar-refractivity contribution in [1.82, 2.24) is 4.90 Å². The predicted octanol–water partition coefficient (Wildman–Crippen LogP) is 1.37. The zero-order chi connectivity index (χ0) is 8.60. The molecule has 3 nitrogen and oxygen atoms in total. The highest BCUT2D eigenvalue weighted by atomic mass is 35.5. The normalized spacial score (nSPS) is 37.7. The number of fused-ring (bicyclic) bond motifs is 2. The highest BCUT2D eigenvalue weighted by molar-refractivity contribution is 5.85. The summed E-state index contributed by atoms with van der Waals surface area (Å²) in [7, 11) is 0. The second-order valence-electron chi connectivity index (χ2n) is 4.07. The van der Waals surface area contributed by atoms with Gasteiger partial charge in [0.2, 0.25) is 0 Å². The summed E-state index contributed by atoms with van der Waals surface area (Å²) in [6.07, 6.45) is 3.90. The standard InChI is InChI=1S/C9H15NO2.ClH/c11-8(12)9-3-1-5-10(7-9)6-2-4-9;/h1-7H2,(H,11,12);1H. The van der Waals surface area contributed by atoms with Gasteiger partial charge in [-0.3, -0.25) is 4.79 Å². The van der Waals surface area contributed by atoms with Gasteiger partial charge in [0.05, 0.1) is 5.41 Å². The van der Waals surface area contributed by atoms with Crippen molar-refractivity contribution in [2.45, 2.75) is 25.7 Å². The van der Waals surface area contributed by atoms with Crippen LogP contribution in [0.25, 0.3) is 0 Å². The van der Waals surface area contributed by atoms with Crippen LogP contribution < -0.4 is 0 Å². The summed E-state index contributed by atoms with van der Waals surface area (Å²) < 4.78 is 0. The molecular formula is C9H16ClNO2. The van der Waals surface area contributed by atoms with E-state index in [1.165, 1.54) is 0 Å². The molecule has 0 aromatic carbocycles. The predicted molar refractivity (Wildman–Crippen MR) is 52.2 cm³/mol. The number of nitrogens with zero attached hydrogens (tertiary/aromatic N) is 1. The molecular weight excluding hydrogens is 190 g/mol. The third kappa shape index (κ3) is 1.81. The Hall–Kier alpha value is -0.280. The Morgan fingerprint density at radius 2 is 1.77 bits per heavy atom. The number of rotatable bonds is 1. The molecule has 0 amide bonds. The van der Waals surface area contributed by atoms with Crippen LogP contribution in [0.5, 0.6) is 0 Å². The largest absolute Gasteiger partial charge is 0.481 e. The summed E-state index contributed by atoms with van der Waals surface area (Å²) >= 11 is 0. The fourth-order valence-electron chi connectivity index (χ4n) is 2.54. The summed E-state index contributed by atoms with van der Waals surface area (Å²) in [6, 6.07) is 0. The van der Waals surface area contributed by atoms with Crippen molar-refractivity contribution in [3.63, 3.8) is 0 Å². The van der Waals surface area contributed by atoms with Crippen LogP contribution in [0.2, 0.25) is 0 Å². The Morgan fingerprint density at radius 1 is 1.23 bits per heavy atom. The van der Waals surface area contributed by atoms with Gasteiger partial charge in [0.1, 0.15) is 0 Å². The van der Waals surface area contributed by atoms with Crippen molar-refractivity contribution in [3.8, 4) is 0 Å². The molecule has 2 rings (SSSR count). The van der Waals surface area contributed by atoms with E-state index in [1.807, 2.05) is 0 Å². The Morgan fingerprint density at radius 3 is 2.15 bits per heavy atom. The van der Waals surface area contributed by atoms with Crippen LogP contribution in [0.3, 0.4) is 0 Å².